The van der Waals surface area contributed by atoms with Crippen molar-refractivity contribution in [2.24, 2.45) is 0 Å². The summed E-state index contributed by atoms with van der Waals surface area (Å²) in [4.78, 5) is 18.8. The first-order valence-electron chi connectivity index (χ1n) is 8.16. The van der Waals surface area contributed by atoms with Crippen LogP contribution in [0, 0.1) is 20.8 Å². The fourth-order valence-electron chi connectivity index (χ4n) is 2.85. The molecule has 0 bridgehead atoms. The maximum Gasteiger partial charge on any atom is 0.254 e. The maximum absolute atomic E-state index is 12.7. The Morgan fingerprint density at radius 2 is 1.72 bits per heavy atom. The van der Waals surface area contributed by atoms with Crippen LogP contribution >= 0.6 is 0 Å². The highest BCUT2D eigenvalue weighted by Crippen LogP contribution is 2.22. The number of pyridine rings is 1. The lowest BCUT2D eigenvalue weighted by molar-refractivity contribution is 0.0772. The van der Waals surface area contributed by atoms with E-state index in [9.17, 15) is 4.79 Å². The smallest absolute Gasteiger partial charge is 0.254 e. The van der Waals surface area contributed by atoms with E-state index in [4.69, 9.17) is 4.52 Å². The van der Waals surface area contributed by atoms with Gasteiger partial charge in [0.1, 0.15) is 0 Å². The van der Waals surface area contributed by atoms with Crippen LogP contribution in [0.5, 0.6) is 0 Å². The van der Waals surface area contributed by atoms with Crippen LogP contribution in [0.4, 0.5) is 0 Å². The summed E-state index contributed by atoms with van der Waals surface area (Å²) in [6.45, 7) is 6.19. The number of benzene rings is 1. The molecule has 0 radical (unpaired) electrons. The molecular formula is C20H21N3O2. The molecule has 0 N–H and O–H groups in total. The first-order valence-corrected chi connectivity index (χ1v) is 8.16. The first kappa shape index (κ1) is 16.9. The molecule has 3 aromatic rings. The Morgan fingerprint density at radius 3 is 2.36 bits per heavy atom. The van der Waals surface area contributed by atoms with Gasteiger partial charge in [0.2, 0.25) is 0 Å². The van der Waals surface area contributed by atoms with Crippen molar-refractivity contribution in [3.8, 4) is 11.1 Å². The highest BCUT2D eigenvalue weighted by molar-refractivity contribution is 5.95. The molecule has 0 aliphatic heterocycles. The highest BCUT2D eigenvalue weighted by atomic mass is 16.5. The summed E-state index contributed by atoms with van der Waals surface area (Å²) in [6, 6.07) is 13.5. The van der Waals surface area contributed by atoms with Crippen LogP contribution in [0.25, 0.3) is 11.1 Å². The molecule has 0 aliphatic rings. The Hall–Kier alpha value is -2.95. The lowest BCUT2D eigenvalue weighted by atomic mass is 10.0. The standard InChI is InChI=1S/C20H21N3O2/c1-13-8-18(9-14(2)21-13)16-6-5-7-17(11-16)20(24)23(4)12-19-10-15(3)22-25-19/h5-11H,12H2,1-4H3. The second-order valence-corrected chi connectivity index (χ2v) is 6.32. The number of aryl methyl sites for hydroxylation is 3. The molecule has 3 rings (SSSR count). The average Bonchev–Trinajstić information content (AvgIpc) is 2.98. The Kier molecular flexibility index (Phi) is 4.65. The summed E-state index contributed by atoms with van der Waals surface area (Å²) >= 11 is 0. The fraction of sp³-hybridized carbons (Fsp3) is 0.250. The molecule has 1 aromatic carbocycles. The van der Waals surface area contributed by atoms with Gasteiger partial charge in [0.15, 0.2) is 5.76 Å². The van der Waals surface area contributed by atoms with Gasteiger partial charge in [-0.25, -0.2) is 0 Å². The van der Waals surface area contributed by atoms with Gasteiger partial charge in [-0.15, -0.1) is 0 Å². The fourth-order valence-corrected chi connectivity index (χ4v) is 2.85. The quantitative estimate of drug-likeness (QED) is 0.725. The molecular weight excluding hydrogens is 314 g/mol. The van der Waals surface area contributed by atoms with Crippen LogP contribution in [-0.2, 0) is 6.54 Å². The number of aromatic nitrogens is 2. The second kappa shape index (κ2) is 6.89. The monoisotopic (exact) mass is 335 g/mol. The van der Waals surface area contributed by atoms with Crippen molar-refractivity contribution in [1.82, 2.24) is 15.0 Å². The zero-order valence-corrected chi connectivity index (χ0v) is 14.9. The molecule has 5 nitrogen and oxygen atoms in total. The minimum Gasteiger partial charge on any atom is -0.359 e. The molecule has 0 aliphatic carbocycles. The van der Waals surface area contributed by atoms with Crippen molar-refractivity contribution in [2.45, 2.75) is 27.3 Å². The summed E-state index contributed by atoms with van der Waals surface area (Å²) < 4.78 is 5.19. The number of rotatable bonds is 4. The largest absolute Gasteiger partial charge is 0.359 e. The summed E-state index contributed by atoms with van der Waals surface area (Å²) in [5, 5.41) is 3.85. The lowest BCUT2D eigenvalue weighted by Crippen LogP contribution is -2.26. The molecule has 0 atom stereocenters. The van der Waals surface area contributed by atoms with E-state index < -0.39 is 0 Å². The van der Waals surface area contributed by atoms with E-state index in [0.717, 1.165) is 28.2 Å². The molecule has 2 heterocycles. The van der Waals surface area contributed by atoms with E-state index >= 15 is 0 Å². The SMILES string of the molecule is Cc1cc(CN(C)C(=O)c2cccc(-c3cc(C)nc(C)c3)c2)on1. The van der Waals surface area contributed by atoms with Crippen molar-refractivity contribution in [1.29, 1.82) is 0 Å². The van der Waals surface area contributed by atoms with Gasteiger partial charge in [-0.05, 0) is 56.2 Å². The normalized spacial score (nSPS) is 10.7. The van der Waals surface area contributed by atoms with E-state index in [0.29, 0.717) is 17.9 Å². The minimum atomic E-state index is -0.0570. The molecule has 2 aromatic heterocycles. The van der Waals surface area contributed by atoms with E-state index in [-0.39, 0.29) is 5.91 Å². The van der Waals surface area contributed by atoms with Crippen LogP contribution in [0.15, 0.2) is 47.0 Å². The zero-order valence-electron chi connectivity index (χ0n) is 14.9. The Balaban J connectivity index is 1.83. The molecule has 1 amide bonds. The van der Waals surface area contributed by atoms with Crippen molar-refractivity contribution < 1.29 is 9.32 Å². The van der Waals surface area contributed by atoms with Gasteiger partial charge in [-0.2, -0.15) is 0 Å². The number of carbonyl (C=O) groups is 1. The van der Waals surface area contributed by atoms with Crippen molar-refractivity contribution in [3.63, 3.8) is 0 Å². The molecule has 0 fully saturated rings. The third kappa shape index (κ3) is 3.94. The van der Waals surface area contributed by atoms with Crippen LogP contribution in [0.1, 0.15) is 33.2 Å². The minimum absolute atomic E-state index is 0.0570. The molecule has 5 heteroatoms. The summed E-state index contributed by atoms with van der Waals surface area (Å²) in [5.41, 5.74) is 5.44. The van der Waals surface area contributed by atoms with Crippen molar-refractivity contribution >= 4 is 5.91 Å². The third-order valence-electron chi connectivity index (χ3n) is 3.94. The maximum atomic E-state index is 12.7. The van der Waals surface area contributed by atoms with Gasteiger partial charge in [0.25, 0.3) is 5.91 Å². The number of hydrogen-bond acceptors (Lipinski definition) is 4. The van der Waals surface area contributed by atoms with Crippen LogP contribution < -0.4 is 0 Å². The third-order valence-corrected chi connectivity index (χ3v) is 3.94. The van der Waals surface area contributed by atoms with Crippen LogP contribution in [0.3, 0.4) is 0 Å². The van der Waals surface area contributed by atoms with Crippen LogP contribution in [0.2, 0.25) is 0 Å². The molecule has 0 unspecified atom stereocenters. The van der Waals surface area contributed by atoms with Gasteiger partial charge >= 0.3 is 0 Å². The Morgan fingerprint density at radius 1 is 1.00 bits per heavy atom. The molecule has 0 saturated carbocycles. The lowest BCUT2D eigenvalue weighted by Gasteiger charge is -2.16. The summed E-state index contributed by atoms with van der Waals surface area (Å²) in [6.07, 6.45) is 0. The van der Waals surface area contributed by atoms with Gasteiger partial charge in [-0.3, -0.25) is 9.78 Å². The highest BCUT2D eigenvalue weighted by Gasteiger charge is 2.15. The Labute approximate surface area is 147 Å². The number of hydrogen-bond donors (Lipinski definition) is 0. The molecule has 25 heavy (non-hydrogen) atoms. The van der Waals surface area contributed by atoms with E-state index in [2.05, 4.69) is 10.1 Å². The predicted molar refractivity (Wildman–Crippen MR) is 96.2 cm³/mol. The molecule has 128 valence electrons. The van der Waals surface area contributed by atoms with Crippen molar-refractivity contribution in [3.05, 3.63) is 70.9 Å². The predicted octanol–water partition coefficient (Wildman–Crippen LogP) is 3.93. The van der Waals surface area contributed by atoms with E-state index in [1.54, 1.807) is 11.9 Å². The topological polar surface area (TPSA) is 59.2 Å². The number of nitrogens with zero attached hydrogens (tertiary/aromatic N) is 3. The number of carbonyl (C=O) groups excluding carboxylic acids is 1. The van der Waals surface area contributed by atoms with Gasteiger partial charge in [0.05, 0.1) is 12.2 Å². The number of amides is 1. The zero-order chi connectivity index (χ0) is 18.0. The Bertz CT molecular complexity index is 895. The first-order chi connectivity index (χ1) is 11.9. The van der Waals surface area contributed by atoms with Gasteiger partial charge in [-0.1, -0.05) is 17.3 Å². The van der Waals surface area contributed by atoms with Gasteiger partial charge in [0, 0.05) is 30.1 Å². The molecule has 0 spiro atoms. The van der Waals surface area contributed by atoms with E-state index in [1.165, 1.54) is 0 Å². The second-order valence-electron chi connectivity index (χ2n) is 6.32. The van der Waals surface area contributed by atoms with Crippen molar-refractivity contribution in [2.75, 3.05) is 7.05 Å². The van der Waals surface area contributed by atoms with Crippen LogP contribution in [-0.4, -0.2) is 28.0 Å². The average molecular weight is 335 g/mol. The summed E-state index contributed by atoms with van der Waals surface area (Å²) in [5.74, 6) is 0.614. The van der Waals surface area contributed by atoms with E-state index in [1.807, 2.05) is 63.2 Å². The summed E-state index contributed by atoms with van der Waals surface area (Å²) in [7, 11) is 1.76. The van der Waals surface area contributed by atoms with Gasteiger partial charge < -0.3 is 9.42 Å². The molecule has 0 saturated heterocycles.